The summed E-state index contributed by atoms with van der Waals surface area (Å²) in [4.78, 5) is 0. The van der Waals surface area contributed by atoms with E-state index in [-0.39, 0.29) is 0 Å². The average Bonchev–Trinajstić information content (AvgIpc) is 2.46. The van der Waals surface area contributed by atoms with E-state index in [1.165, 1.54) is 12.6 Å². The summed E-state index contributed by atoms with van der Waals surface area (Å²) >= 11 is 0. The smallest absolute Gasteiger partial charge is 0.0314 e. The molecule has 1 aromatic carbocycles. The normalized spacial score (nSPS) is 7.32. The standard InChI is InChI=1S/C8H11N.C4H10.2C2H6.CH5N/c1-2-7-3-5-8(9)6-4-7;1-4(2)3;3*1-2/h3-6H,2,9H2,1H3;4H,1-3H3;2*1-2H3;2H2,1H3. The highest BCUT2D eigenvalue weighted by Gasteiger charge is 1.85. The van der Waals surface area contributed by atoms with Gasteiger partial charge in [-0.2, -0.15) is 0 Å². The van der Waals surface area contributed by atoms with Crippen LogP contribution in [0.1, 0.15) is 61.0 Å². The maximum absolute atomic E-state index is 5.48. The number of nitrogens with two attached hydrogens (primary N) is 2. The lowest BCUT2D eigenvalue weighted by molar-refractivity contribution is 0.737. The maximum atomic E-state index is 5.48. The molecule has 0 bridgehead atoms. The summed E-state index contributed by atoms with van der Waals surface area (Å²) in [5, 5.41) is 0. The zero-order chi connectivity index (χ0) is 16.3. The van der Waals surface area contributed by atoms with Gasteiger partial charge in [-0.05, 0) is 37.1 Å². The third-order valence-electron chi connectivity index (χ3n) is 1.39. The van der Waals surface area contributed by atoms with Crippen molar-refractivity contribution in [2.75, 3.05) is 12.8 Å². The molecule has 0 unspecified atom stereocenters. The summed E-state index contributed by atoms with van der Waals surface area (Å²) in [6, 6.07) is 7.96. The van der Waals surface area contributed by atoms with Gasteiger partial charge in [0.1, 0.15) is 0 Å². The molecule has 1 aromatic rings. The summed E-state index contributed by atoms with van der Waals surface area (Å²) < 4.78 is 0. The van der Waals surface area contributed by atoms with Gasteiger partial charge in [0.2, 0.25) is 0 Å². The summed E-state index contributed by atoms with van der Waals surface area (Å²) in [7, 11) is 1.50. The van der Waals surface area contributed by atoms with Gasteiger partial charge in [-0.15, -0.1) is 0 Å². The first-order valence-electron chi connectivity index (χ1n) is 7.48. The minimum atomic E-state index is 0.833. The number of hydrogen-bond acceptors (Lipinski definition) is 2. The molecule has 116 valence electrons. The van der Waals surface area contributed by atoms with Crippen LogP contribution in [0.15, 0.2) is 24.3 Å². The minimum absolute atomic E-state index is 0.833. The van der Waals surface area contributed by atoms with Gasteiger partial charge in [0.05, 0.1) is 0 Å². The van der Waals surface area contributed by atoms with E-state index in [9.17, 15) is 0 Å². The second kappa shape index (κ2) is 25.7. The van der Waals surface area contributed by atoms with Crippen molar-refractivity contribution < 1.29 is 0 Å². The van der Waals surface area contributed by atoms with Gasteiger partial charge >= 0.3 is 0 Å². The van der Waals surface area contributed by atoms with Crippen LogP contribution >= 0.6 is 0 Å². The minimum Gasteiger partial charge on any atom is -0.399 e. The molecule has 19 heavy (non-hydrogen) atoms. The van der Waals surface area contributed by atoms with Crippen molar-refractivity contribution in [3.63, 3.8) is 0 Å². The molecule has 0 saturated carbocycles. The van der Waals surface area contributed by atoms with Gasteiger partial charge in [-0.25, -0.2) is 0 Å². The molecule has 0 aliphatic carbocycles. The van der Waals surface area contributed by atoms with Crippen molar-refractivity contribution in [3.8, 4) is 0 Å². The van der Waals surface area contributed by atoms with Crippen LogP contribution in [0.5, 0.6) is 0 Å². The fourth-order valence-electron chi connectivity index (χ4n) is 0.753. The van der Waals surface area contributed by atoms with Gasteiger partial charge < -0.3 is 11.5 Å². The monoisotopic (exact) mass is 270 g/mol. The molecule has 0 radical (unpaired) electrons. The van der Waals surface area contributed by atoms with Gasteiger partial charge in [-0.3, -0.25) is 0 Å². The van der Waals surface area contributed by atoms with Crippen molar-refractivity contribution in [1.82, 2.24) is 0 Å². The molecule has 4 N–H and O–H groups in total. The molecule has 0 aliphatic rings. The molecule has 0 heterocycles. The van der Waals surface area contributed by atoms with Crippen molar-refractivity contribution >= 4 is 5.69 Å². The molecule has 0 saturated heterocycles. The fraction of sp³-hybridized carbons (Fsp3) is 0.647. The molecule has 0 atom stereocenters. The van der Waals surface area contributed by atoms with E-state index in [1.54, 1.807) is 0 Å². The van der Waals surface area contributed by atoms with Gasteiger partial charge in [0.25, 0.3) is 0 Å². The number of aryl methyl sites for hydroxylation is 1. The van der Waals surface area contributed by atoms with Crippen LogP contribution in [0.25, 0.3) is 0 Å². The molecule has 0 aliphatic heterocycles. The lowest BCUT2D eigenvalue weighted by Gasteiger charge is -1.94. The second-order valence-corrected chi connectivity index (χ2v) is 3.83. The van der Waals surface area contributed by atoms with Crippen molar-refractivity contribution in [2.24, 2.45) is 11.7 Å². The number of nitrogen functional groups attached to an aromatic ring is 1. The number of anilines is 1. The molecule has 0 spiro atoms. The van der Waals surface area contributed by atoms with Crippen molar-refractivity contribution in [1.29, 1.82) is 0 Å². The third kappa shape index (κ3) is 31.6. The predicted octanol–water partition coefficient (Wildman–Crippen LogP) is 5.12. The van der Waals surface area contributed by atoms with Crippen LogP contribution < -0.4 is 11.5 Å². The summed E-state index contributed by atoms with van der Waals surface area (Å²) in [6.07, 6.45) is 1.08. The van der Waals surface area contributed by atoms with E-state index in [0.717, 1.165) is 18.0 Å². The first-order valence-corrected chi connectivity index (χ1v) is 7.48. The quantitative estimate of drug-likeness (QED) is 0.696. The van der Waals surface area contributed by atoms with E-state index in [2.05, 4.69) is 45.6 Å². The second-order valence-electron chi connectivity index (χ2n) is 3.83. The first-order chi connectivity index (χ1) is 9.06. The Balaban J connectivity index is -0.0000000957. The van der Waals surface area contributed by atoms with E-state index >= 15 is 0 Å². The third-order valence-corrected chi connectivity index (χ3v) is 1.39. The van der Waals surface area contributed by atoms with Gasteiger partial charge in [0, 0.05) is 5.69 Å². The fourth-order valence-corrected chi connectivity index (χ4v) is 0.753. The Labute approximate surface area is 122 Å². The van der Waals surface area contributed by atoms with Crippen molar-refractivity contribution in [3.05, 3.63) is 29.8 Å². The van der Waals surface area contributed by atoms with E-state index in [0.29, 0.717) is 0 Å². The Kier molecular flexibility index (Phi) is 35.9. The molecule has 1 rings (SSSR count). The Hall–Kier alpha value is -1.02. The topological polar surface area (TPSA) is 52.0 Å². The Bertz CT molecular complexity index is 212. The average molecular weight is 271 g/mol. The van der Waals surface area contributed by atoms with Crippen LogP contribution in [0, 0.1) is 5.92 Å². The van der Waals surface area contributed by atoms with E-state index in [4.69, 9.17) is 5.73 Å². The van der Waals surface area contributed by atoms with Crippen LogP contribution in [0.2, 0.25) is 0 Å². The van der Waals surface area contributed by atoms with Crippen molar-refractivity contribution in [2.45, 2.75) is 61.8 Å². The summed E-state index contributed by atoms with van der Waals surface area (Å²) in [5.41, 5.74) is 12.2. The number of benzene rings is 1. The highest BCUT2D eigenvalue weighted by molar-refractivity contribution is 5.39. The number of rotatable bonds is 1. The Morgan fingerprint density at radius 1 is 0.842 bits per heavy atom. The molecular weight excluding hydrogens is 232 g/mol. The van der Waals surface area contributed by atoms with E-state index < -0.39 is 0 Å². The lowest BCUT2D eigenvalue weighted by atomic mass is 10.2. The molecule has 0 fully saturated rings. The van der Waals surface area contributed by atoms with Gasteiger partial charge in [0.15, 0.2) is 0 Å². The molecule has 2 heteroatoms. The Morgan fingerprint density at radius 2 is 1.11 bits per heavy atom. The summed E-state index contributed by atoms with van der Waals surface area (Å²) in [5.74, 6) is 0.833. The van der Waals surface area contributed by atoms with Crippen LogP contribution in [-0.2, 0) is 6.42 Å². The van der Waals surface area contributed by atoms with E-state index in [1.807, 2.05) is 39.8 Å². The zero-order valence-electron chi connectivity index (χ0n) is 14.7. The zero-order valence-corrected chi connectivity index (χ0v) is 14.7. The molecule has 0 aromatic heterocycles. The maximum Gasteiger partial charge on any atom is 0.0314 e. The van der Waals surface area contributed by atoms with Crippen LogP contribution in [0.3, 0.4) is 0 Å². The molecule has 0 amide bonds. The number of hydrogen-bond donors (Lipinski definition) is 2. The predicted molar refractivity (Wildman–Crippen MR) is 93.6 cm³/mol. The highest BCUT2D eigenvalue weighted by atomic mass is 14.5. The molecular formula is C17H38N2. The van der Waals surface area contributed by atoms with Gasteiger partial charge in [-0.1, -0.05) is 67.5 Å². The largest absolute Gasteiger partial charge is 0.399 e. The van der Waals surface area contributed by atoms with Crippen LogP contribution in [0.4, 0.5) is 5.69 Å². The lowest BCUT2D eigenvalue weighted by Crippen LogP contribution is -1.84. The first kappa shape index (κ1) is 26.5. The summed E-state index contributed by atoms with van der Waals surface area (Å²) in [6.45, 7) is 16.6. The van der Waals surface area contributed by atoms with Crippen LogP contribution in [-0.4, -0.2) is 7.05 Å². The molecule has 2 nitrogen and oxygen atoms in total. The highest BCUT2D eigenvalue weighted by Crippen LogP contribution is 2.04. The Morgan fingerprint density at radius 3 is 1.32 bits per heavy atom. The SMILES string of the molecule is CC.CC.CC(C)C.CCc1ccc(N)cc1.CN.